The highest BCUT2D eigenvalue weighted by molar-refractivity contribution is 7.13. The van der Waals surface area contributed by atoms with E-state index in [1.165, 1.54) is 6.08 Å². The molecule has 2 aromatic heterocycles. The van der Waals surface area contributed by atoms with Gasteiger partial charge in [0.1, 0.15) is 0 Å². The maximum atomic E-state index is 12.4. The standard InChI is InChI=1S/C22H16ClN3O2S/c23-17-8-3-1-6-15(17)11-12-20(27)24-18-9-4-2-7-16(18)14-21-25-22(26-28-21)19-10-5-13-29-19/h1-13H,14H2,(H,24,27)/b12-11+. The molecule has 0 aliphatic rings. The Morgan fingerprint density at radius 2 is 1.93 bits per heavy atom. The molecule has 2 aromatic carbocycles. The molecule has 0 spiro atoms. The lowest BCUT2D eigenvalue weighted by Crippen LogP contribution is -2.10. The summed E-state index contributed by atoms with van der Waals surface area (Å²) < 4.78 is 5.38. The molecule has 4 aromatic rings. The molecule has 144 valence electrons. The van der Waals surface area contributed by atoms with E-state index in [2.05, 4.69) is 15.5 Å². The zero-order valence-corrected chi connectivity index (χ0v) is 16.8. The van der Waals surface area contributed by atoms with Crippen LogP contribution in [-0.4, -0.2) is 16.0 Å². The predicted octanol–water partition coefficient (Wildman–Crippen LogP) is 5.69. The molecular formula is C22H16ClN3O2S. The summed E-state index contributed by atoms with van der Waals surface area (Å²) in [4.78, 5) is 17.8. The second-order valence-electron chi connectivity index (χ2n) is 6.17. The maximum absolute atomic E-state index is 12.4. The minimum atomic E-state index is -0.248. The van der Waals surface area contributed by atoms with E-state index in [9.17, 15) is 4.79 Å². The van der Waals surface area contributed by atoms with E-state index < -0.39 is 0 Å². The largest absolute Gasteiger partial charge is 0.339 e. The van der Waals surface area contributed by atoms with Crippen LogP contribution in [0.1, 0.15) is 17.0 Å². The van der Waals surface area contributed by atoms with Gasteiger partial charge >= 0.3 is 0 Å². The Labute approximate surface area is 176 Å². The second-order valence-corrected chi connectivity index (χ2v) is 7.52. The van der Waals surface area contributed by atoms with E-state index in [1.807, 2.05) is 60.0 Å². The van der Waals surface area contributed by atoms with Gasteiger partial charge in [-0.25, -0.2) is 0 Å². The molecule has 0 unspecified atom stereocenters. The number of carbonyl (C=O) groups is 1. The van der Waals surface area contributed by atoms with Crippen LogP contribution in [0.2, 0.25) is 5.02 Å². The molecule has 5 nitrogen and oxygen atoms in total. The van der Waals surface area contributed by atoms with Crippen molar-refractivity contribution in [2.24, 2.45) is 0 Å². The van der Waals surface area contributed by atoms with Crippen molar-refractivity contribution in [3.63, 3.8) is 0 Å². The second kappa shape index (κ2) is 8.86. The first-order chi connectivity index (χ1) is 14.2. The van der Waals surface area contributed by atoms with Crippen molar-refractivity contribution in [3.05, 3.63) is 94.2 Å². The van der Waals surface area contributed by atoms with Crippen molar-refractivity contribution in [3.8, 4) is 10.7 Å². The van der Waals surface area contributed by atoms with Crippen molar-refractivity contribution in [1.29, 1.82) is 0 Å². The van der Waals surface area contributed by atoms with Crippen LogP contribution in [0.25, 0.3) is 16.8 Å². The van der Waals surface area contributed by atoms with Crippen molar-refractivity contribution < 1.29 is 9.32 Å². The van der Waals surface area contributed by atoms with Crippen LogP contribution in [0.3, 0.4) is 0 Å². The molecule has 7 heteroatoms. The fourth-order valence-electron chi connectivity index (χ4n) is 2.74. The predicted molar refractivity (Wildman–Crippen MR) is 116 cm³/mol. The number of nitrogens with zero attached hydrogens (tertiary/aromatic N) is 2. The Morgan fingerprint density at radius 1 is 1.10 bits per heavy atom. The molecule has 0 bridgehead atoms. The van der Waals surface area contributed by atoms with Gasteiger partial charge in [-0.2, -0.15) is 4.98 Å². The van der Waals surface area contributed by atoms with Crippen LogP contribution in [0.5, 0.6) is 0 Å². The number of para-hydroxylation sites is 1. The lowest BCUT2D eigenvalue weighted by atomic mass is 10.1. The number of hydrogen-bond acceptors (Lipinski definition) is 5. The molecule has 0 aliphatic carbocycles. The molecule has 1 amide bonds. The molecular weight excluding hydrogens is 406 g/mol. The van der Waals surface area contributed by atoms with Gasteiger partial charge in [0.05, 0.1) is 11.3 Å². The van der Waals surface area contributed by atoms with E-state index in [0.717, 1.165) is 16.0 Å². The third kappa shape index (κ3) is 4.80. The Balaban J connectivity index is 1.47. The third-order valence-corrected chi connectivity index (χ3v) is 5.36. The first kappa shape index (κ1) is 19.1. The number of halogens is 1. The Kier molecular flexibility index (Phi) is 5.84. The highest BCUT2D eigenvalue weighted by atomic mass is 35.5. The Bertz CT molecular complexity index is 1150. The van der Waals surface area contributed by atoms with Crippen LogP contribution in [0.4, 0.5) is 5.69 Å². The molecule has 0 fully saturated rings. The molecule has 4 rings (SSSR count). The van der Waals surface area contributed by atoms with Gasteiger partial charge < -0.3 is 9.84 Å². The summed E-state index contributed by atoms with van der Waals surface area (Å²) in [5.74, 6) is 0.808. The molecule has 1 N–H and O–H groups in total. The van der Waals surface area contributed by atoms with Crippen LogP contribution in [0, 0.1) is 0 Å². The van der Waals surface area contributed by atoms with Crippen LogP contribution < -0.4 is 5.32 Å². The Morgan fingerprint density at radius 3 is 2.76 bits per heavy atom. The number of thiophene rings is 1. The number of nitrogens with one attached hydrogen (secondary N) is 1. The fraction of sp³-hybridized carbons (Fsp3) is 0.0455. The summed E-state index contributed by atoms with van der Waals surface area (Å²) in [6.07, 6.45) is 3.56. The number of amides is 1. The smallest absolute Gasteiger partial charge is 0.248 e. The quantitative estimate of drug-likeness (QED) is 0.406. The van der Waals surface area contributed by atoms with E-state index in [1.54, 1.807) is 23.5 Å². The number of rotatable bonds is 6. The summed E-state index contributed by atoms with van der Waals surface area (Å²) in [6, 6.07) is 18.8. The fourth-order valence-corrected chi connectivity index (χ4v) is 3.59. The Hall–Kier alpha value is -3.22. The van der Waals surface area contributed by atoms with E-state index in [0.29, 0.717) is 28.8 Å². The molecule has 2 heterocycles. The van der Waals surface area contributed by atoms with Gasteiger partial charge in [0.15, 0.2) is 0 Å². The zero-order valence-electron chi connectivity index (χ0n) is 15.2. The zero-order chi connectivity index (χ0) is 20.1. The number of benzene rings is 2. The van der Waals surface area contributed by atoms with Crippen molar-refractivity contribution >= 4 is 40.6 Å². The van der Waals surface area contributed by atoms with Gasteiger partial charge in [-0.1, -0.05) is 59.2 Å². The van der Waals surface area contributed by atoms with Crippen LogP contribution in [-0.2, 0) is 11.2 Å². The molecule has 0 radical (unpaired) electrons. The van der Waals surface area contributed by atoms with E-state index in [4.69, 9.17) is 16.1 Å². The number of anilines is 1. The molecule has 0 aliphatic heterocycles. The topological polar surface area (TPSA) is 68.0 Å². The number of aromatic nitrogens is 2. The average molecular weight is 422 g/mol. The first-order valence-corrected chi connectivity index (χ1v) is 10.1. The molecule has 0 atom stereocenters. The molecule has 0 saturated carbocycles. The lowest BCUT2D eigenvalue weighted by Gasteiger charge is -2.08. The summed E-state index contributed by atoms with van der Waals surface area (Å²) in [6.45, 7) is 0. The minimum Gasteiger partial charge on any atom is -0.339 e. The molecule has 29 heavy (non-hydrogen) atoms. The van der Waals surface area contributed by atoms with Crippen LogP contribution in [0.15, 0.2) is 76.6 Å². The van der Waals surface area contributed by atoms with Gasteiger partial charge in [0.2, 0.25) is 17.6 Å². The summed E-state index contributed by atoms with van der Waals surface area (Å²) in [5, 5.41) is 9.49. The van der Waals surface area contributed by atoms with Gasteiger partial charge in [-0.3, -0.25) is 4.79 Å². The maximum Gasteiger partial charge on any atom is 0.248 e. The van der Waals surface area contributed by atoms with Gasteiger partial charge in [0, 0.05) is 16.8 Å². The number of hydrogen-bond donors (Lipinski definition) is 1. The lowest BCUT2D eigenvalue weighted by molar-refractivity contribution is -0.111. The summed E-state index contributed by atoms with van der Waals surface area (Å²) in [5.41, 5.74) is 2.36. The van der Waals surface area contributed by atoms with E-state index >= 15 is 0 Å². The normalized spacial score (nSPS) is 11.1. The van der Waals surface area contributed by atoms with Crippen molar-refractivity contribution in [2.45, 2.75) is 6.42 Å². The third-order valence-electron chi connectivity index (χ3n) is 4.15. The van der Waals surface area contributed by atoms with Crippen LogP contribution >= 0.6 is 22.9 Å². The highest BCUT2D eigenvalue weighted by Crippen LogP contribution is 2.24. The first-order valence-electron chi connectivity index (χ1n) is 8.87. The average Bonchev–Trinajstić information content (AvgIpc) is 3.41. The highest BCUT2D eigenvalue weighted by Gasteiger charge is 2.12. The van der Waals surface area contributed by atoms with Gasteiger partial charge in [0.25, 0.3) is 0 Å². The summed E-state index contributed by atoms with van der Waals surface area (Å²) >= 11 is 7.67. The monoisotopic (exact) mass is 421 g/mol. The van der Waals surface area contributed by atoms with Gasteiger partial charge in [-0.15, -0.1) is 11.3 Å². The van der Waals surface area contributed by atoms with Gasteiger partial charge in [-0.05, 0) is 40.8 Å². The number of carbonyl (C=O) groups excluding carboxylic acids is 1. The molecule has 0 saturated heterocycles. The van der Waals surface area contributed by atoms with Crippen molar-refractivity contribution in [1.82, 2.24) is 10.1 Å². The van der Waals surface area contributed by atoms with Crippen molar-refractivity contribution in [2.75, 3.05) is 5.32 Å². The van der Waals surface area contributed by atoms with E-state index in [-0.39, 0.29) is 5.91 Å². The SMILES string of the molecule is O=C(/C=C/c1ccccc1Cl)Nc1ccccc1Cc1nc(-c2cccs2)no1. The summed E-state index contributed by atoms with van der Waals surface area (Å²) in [7, 11) is 0. The minimum absolute atomic E-state index is 0.248.